The zero-order chi connectivity index (χ0) is 20.3. The van der Waals surface area contributed by atoms with Gasteiger partial charge in [0.2, 0.25) is 5.88 Å². The highest BCUT2D eigenvalue weighted by atomic mass is 79.9. The van der Waals surface area contributed by atoms with E-state index < -0.39 is 0 Å². The molecule has 0 spiro atoms. The molecule has 0 unspecified atom stereocenters. The van der Waals surface area contributed by atoms with Crippen molar-refractivity contribution < 1.29 is 9.53 Å². The van der Waals surface area contributed by atoms with Crippen molar-refractivity contribution in [3.05, 3.63) is 68.9 Å². The van der Waals surface area contributed by atoms with Crippen LogP contribution in [0.1, 0.15) is 21.5 Å². The van der Waals surface area contributed by atoms with Crippen LogP contribution in [-0.4, -0.2) is 15.9 Å². The van der Waals surface area contributed by atoms with Crippen molar-refractivity contribution >= 4 is 44.9 Å². The number of nitrogens with zero attached hydrogens (tertiary/aromatic N) is 2. The number of hydrazine groups is 1. The molecule has 1 heterocycles. The highest BCUT2D eigenvalue weighted by molar-refractivity contribution is 9.10. The minimum Gasteiger partial charge on any atom is -0.437 e. The van der Waals surface area contributed by atoms with Crippen LogP contribution in [0, 0.1) is 13.8 Å². The Morgan fingerprint density at radius 1 is 1.18 bits per heavy atom. The Morgan fingerprint density at radius 2 is 1.86 bits per heavy atom. The molecule has 0 aliphatic rings. The lowest BCUT2D eigenvalue weighted by Crippen LogP contribution is -2.30. The van der Waals surface area contributed by atoms with Crippen LogP contribution in [0.3, 0.4) is 0 Å². The van der Waals surface area contributed by atoms with Crippen LogP contribution in [-0.2, 0) is 0 Å². The molecule has 7 nitrogen and oxygen atoms in total. The summed E-state index contributed by atoms with van der Waals surface area (Å²) in [6.45, 7) is 3.77. The third-order valence-corrected chi connectivity index (χ3v) is 5.17. The molecule has 0 aliphatic heterocycles. The molecule has 144 valence electrons. The van der Waals surface area contributed by atoms with Gasteiger partial charge in [-0.05, 0) is 65.2 Å². The predicted octanol–water partition coefficient (Wildman–Crippen LogP) is 4.64. The first-order valence-electron chi connectivity index (χ1n) is 8.22. The first-order valence-corrected chi connectivity index (χ1v) is 9.40. The van der Waals surface area contributed by atoms with Crippen LogP contribution in [0.15, 0.2) is 47.2 Å². The summed E-state index contributed by atoms with van der Waals surface area (Å²) in [5.74, 6) is 0.575. The minimum atomic E-state index is -0.350. The molecule has 3 aromatic rings. The van der Waals surface area contributed by atoms with E-state index >= 15 is 0 Å². The lowest BCUT2D eigenvalue weighted by Gasteiger charge is -2.14. The van der Waals surface area contributed by atoms with Gasteiger partial charge in [-0.1, -0.05) is 23.7 Å². The number of nitrogens with two attached hydrogens (primary N) is 1. The number of nitrogens with one attached hydrogen (secondary N) is 2. The summed E-state index contributed by atoms with van der Waals surface area (Å²) in [5.41, 5.74) is 13.7. The van der Waals surface area contributed by atoms with E-state index in [0.717, 1.165) is 11.1 Å². The van der Waals surface area contributed by atoms with E-state index in [1.807, 2.05) is 19.9 Å². The molecule has 0 bridgehead atoms. The Labute approximate surface area is 175 Å². The summed E-state index contributed by atoms with van der Waals surface area (Å²) >= 11 is 9.52. The number of aromatic nitrogens is 2. The zero-order valence-electron chi connectivity index (χ0n) is 15.1. The van der Waals surface area contributed by atoms with Crippen molar-refractivity contribution in [3.63, 3.8) is 0 Å². The van der Waals surface area contributed by atoms with Gasteiger partial charge in [-0.2, -0.15) is 4.98 Å². The molecule has 1 amide bonds. The molecule has 0 saturated carbocycles. The van der Waals surface area contributed by atoms with Gasteiger partial charge in [-0.3, -0.25) is 15.6 Å². The number of nitrogen functional groups attached to an aromatic ring is 1. The molecular weight excluding hydrogens is 446 g/mol. The topological polar surface area (TPSA) is 102 Å². The maximum atomic E-state index is 12.3. The molecule has 0 atom stereocenters. The SMILES string of the molecule is Cc1cc(Oc2ncnc(NNC(=O)c3ccccc3Br)c2N)cc(C)c1Cl. The summed E-state index contributed by atoms with van der Waals surface area (Å²) < 4.78 is 6.45. The number of amides is 1. The maximum Gasteiger partial charge on any atom is 0.270 e. The lowest BCUT2D eigenvalue weighted by molar-refractivity contribution is 0.0961. The minimum absolute atomic E-state index is 0.153. The lowest BCUT2D eigenvalue weighted by atomic mass is 10.1. The second kappa shape index (κ2) is 8.45. The van der Waals surface area contributed by atoms with E-state index in [1.54, 1.807) is 30.3 Å². The highest BCUT2D eigenvalue weighted by Gasteiger charge is 2.14. The van der Waals surface area contributed by atoms with Crippen LogP contribution in [0.2, 0.25) is 5.02 Å². The molecule has 4 N–H and O–H groups in total. The third kappa shape index (κ3) is 4.35. The van der Waals surface area contributed by atoms with E-state index in [-0.39, 0.29) is 23.3 Å². The summed E-state index contributed by atoms with van der Waals surface area (Å²) in [6.07, 6.45) is 1.29. The average molecular weight is 463 g/mol. The Balaban J connectivity index is 1.76. The second-order valence-corrected chi connectivity index (χ2v) is 7.21. The summed E-state index contributed by atoms with van der Waals surface area (Å²) in [4.78, 5) is 20.4. The van der Waals surface area contributed by atoms with Crippen molar-refractivity contribution in [3.8, 4) is 11.6 Å². The number of carbonyl (C=O) groups excluding carboxylic acids is 1. The second-order valence-electron chi connectivity index (χ2n) is 5.97. The molecule has 0 fully saturated rings. The summed E-state index contributed by atoms with van der Waals surface area (Å²) in [6, 6.07) is 10.6. The summed E-state index contributed by atoms with van der Waals surface area (Å²) in [5, 5.41) is 0.681. The van der Waals surface area contributed by atoms with Crippen LogP contribution < -0.4 is 21.3 Å². The number of benzene rings is 2. The van der Waals surface area contributed by atoms with Crippen molar-refractivity contribution in [2.75, 3.05) is 11.2 Å². The van der Waals surface area contributed by atoms with Crippen molar-refractivity contribution in [1.29, 1.82) is 0 Å². The van der Waals surface area contributed by atoms with Gasteiger partial charge < -0.3 is 10.5 Å². The predicted molar refractivity (Wildman–Crippen MR) is 113 cm³/mol. The molecular formula is C19H17BrClN5O2. The van der Waals surface area contributed by atoms with Gasteiger partial charge in [-0.15, -0.1) is 0 Å². The van der Waals surface area contributed by atoms with Crippen molar-refractivity contribution in [2.45, 2.75) is 13.8 Å². The third-order valence-electron chi connectivity index (χ3n) is 3.88. The van der Waals surface area contributed by atoms with Crippen molar-refractivity contribution in [1.82, 2.24) is 15.4 Å². The molecule has 3 rings (SSSR count). The molecule has 1 aromatic heterocycles. The van der Waals surface area contributed by atoms with E-state index in [9.17, 15) is 4.79 Å². The molecule has 9 heteroatoms. The van der Waals surface area contributed by atoms with E-state index in [1.165, 1.54) is 6.33 Å². The number of aryl methyl sites for hydroxylation is 2. The van der Waals surface area contributed by atoms with Gasteiger partial charge in [0, 0.05) is 9.50 Å². The Kier molecular flexibility index (Phi) is 6.01. The van der Waals surface area contributed by atoms with Crippen LogP contribution >= 0.6 is 27.5 Å². The van der Waals surface area contributed by atoms with Crippen LogP contribution in [0.25, 0.3) is 0 Å². The van der Waals surface area contributed by atoms with Gasteiger partial charge in [0.15, 0.2) is 5.82 Å². The number of carbonyl (C=O) groups is 1. The molecule has 0 aliphatic carbocycles. The number of rotatable bonds is 5. The monoisotopic (exact) mass is 461 g/mol. The first kappa shape index (κ1) is 19.9. The fourth-order valence-electron chi connectivity index (χ4n) is 2.47. The van der Waals surface area contributed by atoms with Gasteiger partial charge in [0.1, 0.15) is 17.8 Å². The molecule has 28 heavy (non-hydrogen) atoms. The van der Waals surface area contributed by atoms with Gasteiger partial charge >= 0.3 is 0 Å². The van der Waals surface area contributed by atoms with Gasteiger partial charge in [-0.25, -0.2) is 4.98 Å². The highest BCUT2D eigenvalue weighted by Crippen LogP contribution is 2.32. The quantitative estimate of drug-likeness (QED) is 0.477. The van der Waals surface area contributed by atoms with E-state index in [0.29, 0.717) is 20.8 Å². The van der Waals surface area contributed by atoms with Gasteiger partial charge in [0.25, 0.3) is 5.91 Å². The van der Waals surface area contributed by atoms with E-state index in [4.69, 9.17) is 22.1 Å². The molecule has 2 aromatic carbocycles. The standard InChI is InChI=1S/C19H17BrClN5O2/c1-10-7-12(8-11(2)15(10)21)28-19-16(22)17(23-9-24-19)25-26-18(27)13-5-3-4-6-14(13)20/h3-9H,22H2,1-2H3,(H,26,27)(H,23,24,25). The summed E-state index contributed by atoms with van der Waals surface area (Å²) in [7, 11) is 0. The zero-order valence-corrected chi connectivity index (χ0v) is 17.4. The molecule has 0 radical (unpaired) electrons. The Hall–Kier alpha value is -2.84. The maximum absolute atomic E-state index is 12.3. The number of anilines is 2. The Morgan fingerprint density at radius 3 is 2.54 bits per heavy atom. The fraction of sp³-hybridized carbons (Fsp3) is 0.105. The van der Waals surface area contributed by atoms with E-state index in [2.05, 4.69) is 36.7 Å². The number of halogens is 2. The fourth-order valence-corrected chi connectivity index (χ4v) is 3.04. The normalized spacial score (nSPS) is 10.4. The largest absolute Gasteiger partial charge is 0.437 e. The number of hydrogen-bond donors (Lipinski definition) is 3. The Bertz CT molecular complexity index is 1020. The smallest absolute Gasteiger partial charge is 0.270 e. The van der Waals surface area contributed by atoms with Crippen LogP contribution in [0.4, 0.5) is 11.5 Å². The van der Waals surface area contributed by atoms with Gasteiger partial charge in [0.05, 0.1) is 5.56 Å². The number of hydrogen-bond acceptors (Lipinski definition) is 6. The first-order chi connectivity index (χ1) is 13.4. The average Bonchev–Trinajstić information content (AvgIpc) is 2.67. The van der Waals surface area contributed by atoms with Crippen molar-refractivity contribution in [2.24, 2.45) is 0 Å². The number of ether oxygens (including phenoxy) is 1. The van der Waals surface area contributed by atoms with Crippen LogP contribution in [0.5, 0.6) is 11.6 Å². The molecule has 0 saturated heterocycles.